The van der Waals surface area contributed by atoms with Crippen molar-refractivity contribution < 1.29 is 14.8 Å². The summed E-state index contributed by atoms with van der Waals surface area (Å²) in [7, 11) is 0. The van der Waals surface area contributed by atoms with Gasteiger partial charge in [-0.25, -0.2) is 4.79 Å². The van der Waals surface area contributed by atoms with Crippen molar-refractivity contribution in [3.8, 4) is 0 Å². The van der Waals surface area contributed by atoms with E-state index in [1.807, 2.05) is 18.2 Å². The van der Waals surface area contributed by atoms with E-state index in [1.165, 1.54) is 18.2 Å². The first-order valence-corrected chi connectivity index (χ1v) is 6.99. The number of nitrogens with one attached hydrogen (secondary N) is 2. The molecule has 0 aliphatic carbocycles. The van der Waals surface area contributed by atoms with E-state index in [0.29, 0.717) is 11.3 Å². The van der Waals surface area contributed by atoms with E-state index in [2.05, 4.69) is 10.6 Å². The second-order valence-corrected chi connectivity index (χ2v) is 5.00. The van der Waals surface area contributed by atoms with Gasteiger partial charge in [0.2, 0.25) is 0 Å². The molecule has 3 N–H and O–H groups in total. The molecule has 0 aromatic heterocycles. The zero-order valence-corrected chi connectivity index (χ0v) is 12.5. The predicted octanol–water partition coefficient (Wildman–Crippen LogP) is 2.76. The lowest BCUT2D eigenvalue weighted by Crippen LogP contribution is -2.34. The number of nitro benzene ring substituents is 1. The molecule has 2 aromatic rings. The van der Waals surface area contributed by atoms with Crippen molar-refractivity contribution in [3.63, 3.8) is 0 Å². The maximum Gasteiger partial charge on any atom is 0.319 e. The molecule has 2 amide bonds. The van der Waals surface area contributed by atoms with Crippen LogP contribution in [0, 0.1) is 17.0 Å². The van der Waals surface area contributed by atoms with Crippen molar-refractivity contribution in [1.82, 2.24) is 5.32 Å². The van der Waals surface area contributed by atoms with Crippen molar-refractivity contribution in [2.24, 2.45) is 0 Å². The molecule has 0 unspecified atom stereocenters. The molecule has 7 nitrogen and oxygen atoms in total. The number of carbonyl (C=O) groups excluding carboxylic acids is 1. The summed E-state index contributed by atoms with van der Waals surface area (Å²) in [4.78, 5) is 22.3. The maximum absolute atomic E-state index is 12.0. The summed E-state index contributed by atoms with van der Waals surface area (Å²) < 4.78 is 0. The molecule has 0 aliphatic rings. The highest BCUT2D eigenvalue weighted by Crippen LogP contribution is 2.21. The number of aryl methyl sites for hydroxylation is 1. The number of urea groups is 1. The number of hydrogen-bond acceptors (Lipinski definition) is 4. The molecule has 7 heteroatoms. The van der Waals surface area contributed by atoms with Crippen LogP contribution in [0.15, 0.2) is 48.5 Å². The van der Waals surface area contributed by atoms with E-state index in [9.17, 15) is 20.0 Å². The summed E-state index contributed by atoms with van der Waals surface area (Å²) in [5.74, 6) is 0. The molecule has 2 rings (SSSR count). The van der Waals surface area contributed by atoms with Crippen molar-refractivity contribution in [1.29, 1.82) is 0 Å². The van der Waals surface area contributed by atoms with E-state index in [0.717, 1.165) is 5.56 Å². The summed E-state index contributed by atoms with van der Waals surface area (Å²) in [5.41, 5.74) is 1.67. The maximum atomic E-state index is 12.0. The molecular weight excluding hydrogens is 298 g/mol. The summed E-state index contributed by atoms with van der Waals surface area (Å²) >= 11 is 0. The number of nitro groups is 1. The molecule has 0 heterocycles. The van der Waals surface area contributed by atoms with Crippen LogP contribution in [0.2, 0.25) is 0 Å². The molecule has 0 fully saturated rings. The van der Waals surface area contributed by atoms with Gasteiger partial charge in [-0.3, -0.25) is 10.1 Å². The molecule has 0 saturated carbocycles. The average Bonchev–Trinajstić information content (AvgIpc) is 2.53. The first-order valence-electron chi connectivity index (χ1n) is 6.99. The highest BCUT2D eigenvalue weighted by Gasteiger charge is 2.15. The standard InChI is InChI=1S/C16H17N3O4/c1-11-9-13(7-8-15(11)19(22)23)17-16(21)18-14(10-20)12-5-3-2-4-6-12/h2-9,14,20H,10H2,1H3,(H2,17,18,21)/t14-/m1/s1. The Kier molecular flexibility index (Phi) is 5.27. The first kappa shape index (κ1) is 16.4. The van der Waals surface area contributed by atoms with Gasteiger partial charge in [0.25, 0.3) is 5.69 Å². The van der Waals surface area contributed by atoms with Gasteiger partial charge in [-0.2, -0.15) is 0 Å². The molecule has 1 atom stereocenters. The number of amides is 2. The zero-order valence-electron chi connectivity index (χ0n) is 12.5. The molecule has 23 heavy (non-hydrogen) atoms. The van der Waals surface area contributed by atoms with Crippen LogP contribution in [0.3, 0.4) is 0 Å². The Bertz CT molecular complexity index is 704. The lowest BCUT2D eigenvalue weighted by Gasteiger charge is -2.17. The quantitative estimate of drug-likeness (QED) is 0.583. The average molecular weight is 315 g/mol. The van der Waals surface area contributed by atoms with Crippen molar-refractivity contribution >= 4 is 17.4 Å². The number of carbonyl (C=O) groups is 1. The summed E-state index contributed by atoms with van der Waals surface area (Å²) in [6, 6.07) is 12.4. The van der Waals surface area contributed by atoms with Gasteiger partial charge in [0.1, 0.15) is 0 Å². The monoisotopic (exact) mass is 315 g/mol. The Balaban J connectivity index is 2.04. The van der Waals surface area contributed by atoms with Gasteiger partial charge < -0.3 is 15.7 Å². The number of rotatable bonds is 5. The van der Waals surface area contributed by atoms with Crippen LogP contribution in [-0.2, 0) is 0 Å². The van der Waals surface area contributed by atoms with Crippen LogP contribution in [0.5, 0.6) is 0 Å². The fourth-order valence-corrected chi connectivity index (χ4v) is 2.18. The molecule has 0 bridgehead atoms. The van der Waals surface area contributed by atoms with Gasteiger partial charge in [-0.1, -0.05) is 30.3 Å². The van der Waals surface area contributed by atoms with Crippen molar-refractivity contribution in [2.45, 2.75) is 13.0 Å². The van der Waals surface area contributed by atoms with Crippen LogP contribution in [0.1, 0.15) is 17.2 Å². The van der Waals surface area contributed by atoms with Crippen molar-refractivity contribution in [3.05, 3.63) is 69.8 Å². The van der Waals surface area contributed by atoms with E-state index < -0.39 is 17.0 Å². The third-order valence-electron chi connectivity index (χ3n) is 3.34. The van der Waals surface area contributed by atoms with Gasteiger partial charge in [-0.15, -0.1) is 0 Å². The Morgan fingerprint density at radius 1 is 1.26 bits per heavy atom. The van der Waals surface area contributed by atoms with Crippen LogP contribution in [-0.4, -0.2) is 22.7 Å². The fraction of sp³-hybridized carbons (Fsp3) is 0.188. The van der Waals surface area contributed by atoms with Crippen LogP contribution < -0.4 is 10.6 Å². The molecule has 0 aliphatic heterocycles. The number of nitrogens with zero attached hydrogens (tertiary/aromatic N) is 1. The predicted molar refractivity (Wildman–Crippen MR) is 86.3 cm³/mol. The molecular formula is C16H17N3O4. The van der Waals surface area contributed by atoms with Crippen LogP contribution in [0.4, 0.5) is 16.2 Å². The molecule has 2 aromatic carbocycles. The summed E-state index contributed by atoms with van der Waals surface area (Å²) in [6.07, 6.45) is 0. The van der Waals surface area contributed by atoms with Crippen LogP contribution >= 0.6 is 0 Å². The largest absolute Gasteiger partial charge is 0.394 e. The van der Waals surface area contributed by atoms with Crippen molar-refractivity contribution in [2.75, 3.05) is 11.9 Å². The van der Waals surface area contributed by atoms with Gasteiger partial charge in [0.15, 0.2) is 0 Å². The minimum Gasteiger partial charge on any atom is -0.394 e. The van der Waals surface area contributed by atoms with E-state index in [4.69, 9.17) is 0 Å². The highest BCUT2D eigenvalue weighted by atomic mass is 16.6. The summed E-state index contributed by atoms with van der Waals surface area (Å²) in [6.45, 7) is 1.36. The van der Waals surface area contributed by atoms with Gasteiger partial charge in [0, 0.05) is 17.3 Å². The lowest BCUT2D eigenvalue weighted by molar-refractivity contribution is -0.385. The van der Waals surface area contributed by atoms with Crippen LogP contribution in [0.25, 0.3) is 0 Å². The Morgan fingerprint density at radius 3 is 2.52 bits per heavy atom. The number of aliphatic hydroxyl groups is 1. The second-order valence-electron chi connectivity index (χ2n) is 5.00. The van der Waals surface area contributed by atoms with E-state index in [-0.39, 0.29) is 12.3 Å². The second kappa shape index (κ2) is 7.37. The third kappa shape index (κ3) is 4.27. The van der Waals surface area contributed by atoms with Gasteiger partial charge in [-0.05, 0) is 24.6 Å². The fourth-order valence-electron chi connectivity index (χ4n) is 2.18. The minimum atomic E-state index is -0.532. The molecule has 120 valence electrons. The summed E-state index contributed by atoms with van der Waals surface area (Å²) in [5, 5.41) is 25.4. The number of benzene rings is 2. The van der Waals surface area contributed by atoms with E-state index >= 15 is 0 Å². The number of anilines is 1. The minimum absolute atomic E-state index is 0.00604. The number of aliphatic hydroxyl groups excluding tert-OH is 1. The number of hydrogen-bond donors (Lipinski definition) is 3. The molecule has 0 radical (unpaired) electrons. The topological polar surface area (TPSA) is 104 Å². The van der Waals surface area contributed by atoms with E-state index in [1.54, 1.807) is 19.1 Å². The smallest absolute Gasteiger partial charge is 0.319 e. The third-order valence-corrected chi connectivity index (χ3v) is 3.34. The first-order chi connectivity index (χ1) is 11.0. The molecule has 0 saturated heterocycles. The SMILES string of the molecule is Cc1cc(NC(=O)N[C@H](CO)c2ccccc2)ccc1[N+](=O)[O-]. The normalized spacial score (nSPS) is 11.6. The highest BCUT2D eigenvalue weighted by molar-refractivity contribution is 5.89. The van der Waals surface area contributed by atoms with Gasteiger partial charge in [0.05, 0.1) is 17.6 Å². The molecule has 0 spiro atoms. The lowest BCUT2D eigenvalue weighted by atomic mass is 10.1. The zero-order chi connectivity index (χ0) is 16.8. The Morgan fingerprint density at radius 2 is 1.96 bits per heavy atom. The van der Waals surface area contributed by atoms with Gasteiger partial charge >= 0.3 is 6.03 Å². The Labute approximate surface area is 133 Å². The Hall–Kier alpha value is -2.93.